The maximum absolute atomic E-state index is 15.1. The Balaban J connectivity index is 0.771. The molecule has 9 heterocycles. The topological polar surface area (TPSA) is 678 Å². The minimum atomic E-state index is -2.42. The van der Waals surface area contributed by atoms with E-state index in [4.69, 9.17) is 90.3 Å². The molecule has 0 bridgehead atoms. The predicted molar refractivity (Wildman–Crippen MR) is 406 cm³/mol. The molecule has 0 amide bonds. The van der Waals surface area contributed by atoms with Crippen LogP contribution < -0.4 is 0 Å². The van der Waals surface area contributed by atoms with Crippen molar-refractivity contribution in [3.8, 4) is 0 Å². The Labute approximate surface area is 719 Å². The molecule has 4 saturated carbocycles. The van der Waals surface area contributed by atoms with E-state index in [9.17, 15) is 123 Å². The molecular formula is C81H132O44. The van der Waals surface area contributed by atoms with Crippen LogP contribution in [0.15, 0.2) is 11.6 Å². The van der Waals surface area contributed by atoms with Crippen LogP contribution >= 0.6 is 0 Å². The maximum Gasteiger partial charge on any atom is 0.315 e. The third-order valence-corrected chi connectivity index (χ3v) is 30.7. The number of hydrogen-bond acceptors (Lipinski definition) is 44. The molecule has 14 aliphatic rings. The van der Waals surface area contributed by atoms with E-state index in [-0.39, 0.29) is 28.6 Å². The number of rotatable bonds is 23. The largest absolute Gasteiger partial charge is 0.432 e. The van der Waals surface area contributed by atoms with Crippen LogP contribution in [0, 0.1) is 50.2 Å². The van der Waals surface area contributed by atoms with Crippen molar-refractivity contribution in [1.29, 1.82) is 0 Å². The average molecular weight is 1810 g/mol. The van der Waals surface area contributed by atoms with Crippen molar-refractivity contribution >= 4 is 5.97 Å². The van der Waals surface area contributed by atoms with Gasteiger partial charge in [-0.3, -0.25) is 4.79 Å². The molecule has 24 N–H and O–H groups in total. The number of esters is 1. The van der Waals surface area contributed by atoms with E-state index < -0.39 is 338 Å². The van der Waals surface area contributed by atoms with Gasteiger partial charge in [-0.05, 0) is 123 Å². The fraction of sp³-hybridized carbons (Fsp3) is 0.963. The summed E-state index contributed by atoms with van der Waals surface area (Å²) in [5.74, 6) is -0.877. The van der Waals surface area contributed by atoms with Gasteiger partial charge in [0.1, 0.15) is 183 Å². The molecule has 44 nitrogen and oxygen atoms in total. The highest BCUT2D eigenvalue weighted by Crippen LogP contribution is 2.76. The Bertz CT molecular complexity index is 3590. The average Bonchev–Trinajstić information content (AvgIpc) is 0.673. The number of aliphatic hydroxyl groups is 24. The van der Waals surface area contributed by atoms with Crippen LogP contribution in [0.2, 0.25) is 0 Å². The van der Waals surface area contributed by atoms with Crippen LogP contribution in [0.5, 0.6) is 0 Å². The summed E-state index contributed by atoms with van der Waals surface area (Å²) in [7, 11) is 0. The highest BCUT2D eigenvalue weighted by atomic mass is 17.2. The molecule has 0 aromatic heterocycles. The summed E-state index contributed by atoms with van der Waals surface area (Å²) in [6.07, 6.45) is -72.9. The fourth-order valence-electron chi connectivity index (χ4n) is 22.8. The van der Waals surface area contributed by atoms with Crippen LogP contribution in [0.4, 0.5) is 0 Å². The third-order valence-electron chi connectivity index (χ3n) is 30.7. The van der Waals surface area contributed by atoms with Crippen molar-refractivity contribution in [2.75, 3.05) is 46.2 Å². The Morgan fingerprint density at radius 2 is 0.824 bits per heavy atom. The molecule has 44 heteroatoms. The molecule has 0 aromatic rings. The van der Waals surface area contributed by atoms with E-state index >= 15 is 4.79 Å². The molecule has 0 radical (unpaired) electrons. The second kappa shape index (κ2) is 38.4. The zero-order valence-electron chi connectivity index (χ0n) is 71.1. The van der Waals surface area contributed by atoms with Gasteiger partial charge in [0.15, 0.2) is 50.1 Å². The minimum absolute atomic E-state index is 0.0388. The molecule has 5 aliphatic carbocycles. The first kappa shape index (κ1) is 98.5. The number of carbonyl (C=O) groups is 1. The highest BCUT2D eigenvalue weighted by Gasteiger charge is 2.71. The predicted octanol–water partition coefficient (Wildman–Crippen LogP) is -9.01. The van der Waals surface area contributed by atoms with Crippen molar-refractivity contribution in [2.45, 2.75) is 391 Å². The summed E-state index contributed by atoms with van der Waals surface area (Å²) in [6.45, 7) is 12.0. The first-order valence-corrected chi connectivity index (χ1v) is 43.5. The van der Waals surface area contributed by atoms with Crippen molar-refractivity contribution < 1.29 is 218 Å². The van der Waals surface area contributed by atoms with Gasteiger partial charge in [0, 0.05) is 0 Å². The highest BCUT2D eigenvalue weighted by molar-refractivity contribution is 5.79. The Morgan fingerprint density at radius 1 is 0.376 bits per heavy atom. The molecule has 13 fully saturated rings. The zero-order valence-corrected chi connectivity index (χ0v) is 71.1. The Kier molecular flexibility index (Phi) is 30.2. The van der Waals surface area contributed by atoms with Gasteiger partial charge in [-0.2, -0.15) is 0 Å². The second-order valence-electron chi connectivity index (χ2n) is 39.0. The summed E-state index contributed by atoms with van der Waals surface area (Å²) in [5.41, 5.74) is -2.05. The fourth-order valence-corrected chi connectivity index (χ4v) is 22.8. The van der Waals surface area contributed by atoms with Crippen molar-refractivity contribution in [3.63, 3.8) is 0 Å². The van der Waals surface area contributed by atoms with Gasteiger partial charge in [-0.15, -0.1) is 0 Å². The lowest BCUT2D eigenvalue weighted by Gasteiger charge is -2.71. The van der Waals surface area contributed by atoms with Crippen LogP contribution in [0.25, 0.3) is 0 Å². The molecule has 0 spiro atoms. The van der Waals surface area contributed by atoms with E-state index in [0.29, 0.717) is 64.2 Å². The minimum Gasteiger partial charge on any atom is -0.432 e. The van der Waals surface area contributed by atoms with Crippen LogP contribution in [0.3, 0.4) is 0 Å². The van der Waals surface area contributed by atoms with Gasteiger partial charge in [-0.1, -0.05) is 60.1 Å². The lowest BCUT2D eigenvalue weighted by Crippen LogP contribution is -2.68. The number of hydrogen-bond donors (Lipinski definition) is 24. The number of fused-ring (bicyclic) bond motifs is 7. The Hall–Kier alpha value is -2.47. The smallest absolute Gasteiger partial charge is 0.315 e. The quantitative estimate of drug-likeness (QED) is 0.0148. The molecule has 125 heavy (non-hydrogen) atoms. The first-order valence-electron chi connectivity index (χ1n) is 43.5. The van der Waals surface area contributed by atoms with E-state index in [0.717, 1.165) is 0 Å². The summed E-state index contributed by atoms with van der Waals surface area (Å²) >= 11 is 0. The monoisotopic (exact) mass is 1810 g/mol. The number of allylic oxidation sites excluding steroid dienone is 2. The van der Waals surface area contributed by atoms with Crippen molar-refractivity contribution in [1.82, 2.24) is 0 Å². The van der Waals surface area contributed by atoms with E-state index in [1.54, 1.807) is 0 Å². The number of aliphatic hydroxyl groups excluding tert-OH is 24. The second-order valence-corrected chi connectivity index (χ2v) is 39.0. The lowest BCUT2D eigenvalue weighted by atomic mass is 9.33. The molecule has 720 valence electrons. The van der Waals surface area contributed by atoms with E-state index in [2.05, 4.69) is 40.7 Å². The summed E-state index contributed by atoms with van der Waals surface area (Å²) < 4.78 is 104. The SMILES string of the molecule is C[C@@H]1O[C@@H](OC(=O)[C@]23CCC(C)(C)C[C@H]2C2=CC[C@@H]4[C@@]5(C)CC[C@H](O[C@@H]6O[C@H](CO)[C@@H](O[C@@H]7OC[C@@H](O)[C@H](O)[C@H]7O)[C@H](O)[C@H]6OO[C@@H]6O[C@H](CO)[C@@H](O[C@@H]7O[C@H](CO)[C@@H](O)[C@H](O)[C@H]7O)[C@H](O)[C@H]6O[C@@H]6OC[C@@H](O[C@@H]7OC[C@H](O)[C@H](O)[C@H]7O)[C@H](O[C@@H]7O[C@H](CO)[C@@H](O)[C@H](O)[C@H]7O[C@@H]7O[C@@H](C)[C@H](O)[C@@H](O)[C@H]7O)[C@H]6O)C(C)(C)[C@@H]5CC[C@@]4(C)[C@]2(C)CC3)[C@H](O)[C@H](O)[C@H]1O. The van der Waals surface area contributed by atoms with Gasteiger partial charge < -0.3 is 203 Å². The molecule has 50 atom stereocenters. The normalized spacial score (nSPS) is 54.3. The van der Waals surface area contributed by atoms with Crippen molar-refractivity contribution in [2.24, 2.45) is 50.2 Å². The van der Waals surface area contributed by atoms with Gasteiger partial charge in [-0.25, -0.2) is 9.78 Å². The molecule has 0 aromatic carbocycles. The molecule has 14 rings (SSSR count). The zero-order chi connectivity index (χ0) is 90.9. The van der Waals surface area contributed by atoms with Gasteiger partial charge in [0.05, 0.1) is 70.0 Å². The Morgan fingerprint density at radius 3 is 1.42 bits per heavy atom. The van der Waals surface area contributed by atoms with Gasteiger partial charge >= 0.3 is 5.97 Å². The maximum atomic E-state index is 15.1. The van der Waals surface area contributed by atoms with Crippen molar-refractivity contribution in [3.05, 3.63) is 11.6 Å². The third kappa shape index (κ3) is 18.0. The van der Waals surface area contributed by atoms with Crippen LogP contribution in [-0.2, 0) is 95.1 Å². The van der Waals surface area contributed by atoms with Crippen LogP contribution in [0.1, 0.15) is 127 Å². The molecular weight excluding hydrogens is 1680 g/mol. The standard InChI is InChI=1S/C81H132O44/c1-28-42(88)48(94)54(100)69(110-28)122-63-51(97)47(93)35(22-83)113-72(63)120-62-38(116-66-52(98)44(90)32(86)25-107-66)27-109-68(59(62)105)121-64-57(103)60(119-71-56(102)50(96)46(92)34(21-82)112-71)37(24-85)115-74(64)125-124-65-58(104)61(118-67-53(99)45(91)33(87)26-108-67)36(23-84)114-73(65)117-41-13-14-78(7)39(77(41,5)6)12-15-80(9)40(78)11-10-30-31-20-76(3,4)16-18-81(31,19-17-79(30,80)8)75(106)123-70-55(101)49(95)43(89)29(2)111-70/h10,28-29,31-74,82-105H,11-27H2,1-9H3/t28-,29-,31-,32-,33+,34+,35+,36+,37+,38+,39-,40+,41-,42-,43-,44-,45-,46+,47+,48+,49+,50-,51-,52+,53+,54+,55+,56+,57-,58-,59+,60+,61+,62-,63+,64+,65+,66-,67-,68-,69-,70-,71-,72-,73-,74-,78-,79+,80+,81-/m0/s1. The lowest BCUT2D eigenvalue weighted by molar-refractivity contribution is -0.487. The summed E-state index contributed by atoms with van der Waals surface area (Å²) in [5, 5.41) is 268. The first-order chi connectivity index (χ1) is 58.8. The van der Waals surface area contributed by atoms with E-state index in [1.807, 2.05) is 13.8 Å². The number of ether oxygens (including phenoxy) is 17. The van der Waals surface area contributed by atoms with Gasteiger partial charge in [0.25, 0.3) is 0 Å². The number of carbonyl (C=O) groups excluding carboxylic acids is 1. The summed E-state index contributed by atoms with van der Waals surface area (Å²) in [6, 6.07) is 0. The van der Waals surface area contributed by atoms with Gasteiger partial charge in [0.2, 0.25) is 12.6 Å². The molecule has 9 aliphatic heterocycles. The van der Waals surface area contributed by atoms with E-state index in [1.165, 1.54) is 19.4 Å². The molecule has 9 saturated heterocycles. The molecule has 0 unspecified atom stereocenters. The summed E-state index contributed by atoms with van der Waals surface area (Å²) in [4.78, 5) is 27.5. The van der Waals surface area contributed by atoms with Crippen LogP contribution in [-0.4, -0.2) is 439 Å².